The van der Waals surface area contributed by atoms with E-state index in [4.69, 9.17) is 9.52 Å². The van der Waals surface area contributed by atoms with Crippen molar-refractivity contribution in [3.63, 3.8) is 0 Å². The lowest BCUT2D eigenvalue weighted by atomic mass is 10.2. The summed E-state index contributed by atoms with van der Waals surface area (Å²) >= 11 is 0. The van der Waals surface area contributed by atoms with Crippen LogP contribution in [0.25, 0.3) is 11.0 Å². The van der Waals surface area contributed by atoms with Gasteiger partial charge in [0.1, 0.15) is 23.0 Å². The lowest BCUT2D eigenvalue weighted by Crippen LogP contribution is -2.21. The molecule has 3 rings (SSSR count). The van der Waals surface area contributed by atoms with Crippen molar-refractivity contribution in [3.05, 3.63) is 54.2 Å². The van der Waals surface area contributed by atoms with Crippen LogP contribution in [0.4, 0.5) is 15.9 Å². The number of aliphatic hydroxyl groups is 1. The Morgan fingerprint density at radius 1 is 1.26 bits per heavy atom. The minimum atomic E-state index is -0.276. The second-order valence-corrected chi connectivity index (χ2v) is 5.30. The van der Waals surface area contributed by atoms with Crippen LogP contribution in [0.15, 0.2) is 47.0 Å². The number of nitrogens with zero attached hydrogens (tertiary/aromatic N) is 2. The molecule has 5 nitrogen and oxygen atoms in total. The maximum atomic E-state index is 13.2. The molecule has 0 aliphatic rings. The third-order valence-corrected chi connectivity index (χ3v) is 3.60. The lowest BCUT2D eigenvalue weighted by Gasteiger charge is -2.17. The fraction of sp³-hybridized carbons (Fsp3) is 0.235. The Hall–Kier alpha value is -2.60. The van der Waals surface area contributed by atoms with E-state index in [2.05, 4.69) is 10.3 Å². The summed E-state index contributed by atoms with van der Waals surface area (Å²) in [5.74, 6) is 1.16. The number of furan rings is 1. The Morgan fingerprint density at radius 2 is 2.13 bits per heavy atom. The fourth-order valence-corrected chi connectivity index (χ4v) is 2.33. The number of hydrogen-bond donors (Lipinski definition) is 2. The van der Waals surface area contributed by atoms with Crippen LogP contribution >= 0.6 is 0 Å². The Labute approximate surface area is 133 Å². The van der Waals surface area contributed by atoms with E-state index in [0.29, 0.717) is 24.4 Å². The predicted molar refractivity (Wildman–Crippen MR) is 88.1 cm³/mol. The number of aliphatic hydroxyl groups excluding tert-OH is 1. The third-order valence-electron chi connectivity index (χ3n) is 3.60. The summed E-state index contributed by atoms with van der Waals surface area (Å²) in [4.78, 5) is 6.25. The molecule has 6 heteroatoms. The maximum Gasteiger partial charge on any atom is 0.134 e. The lowest BCUT2D eigenvalue weighted by molar-refractivity contribution is 0.304. The molecule has 0 radical (unpaired) electrons. The number of pyridine rings is 1. The smallest absolute Gasteiger partial charge is 0.134 e. The highest BCUT2D eigenvalue weighted by atomic mass is 19.1. The minimum absolute atomic E-state index is 0.100. The van der Waals surface area contributed by atoms with E-state index in [9.17, 15) is 4.39 Å². The molecule has 0 saturated heterocycles. The van der Waals surface area contributed by atoms with Gasteiger partial charge in [0.15, 0.2) is 0 Å². The van der Waals surface area contributed by atoms with Gasteiger partial charge in [-0.05, 0) is 36.4 Å². The maximum absolute atomic E-state index is 13.2. The fourth-order valence-electron chi connectivity index (χ4n) is 2.33. The number of benzene rings is 1. The van der Waals surface area contributed by atoms with Crippen LogP contribution in [0.2, 0.25) is 0 Å². The molecule has 2 heterocycles. The number of hydrogen-bond acceptors (Lipinski definition) is 5. The first-order chi connectivity index (χ1) is 11.2. The van der Waals surface area contributed by atoms with Gasteiger partial charge in [-0.15, -0.1) is 0 Å². The number of nitrogens with one attached hydrogen (secondary N) is 1. The van der Waals surface area contributed by atoms with E-state index in [1.54, 1.807) is 12.3 Å². The van der Waals surface area contributed by atoms with Crippen LogP contribution in [0.1, 0.15) is 5.76 Å². The van der Waals surface area contributed by atoms with E-state index < -0.39 is 0 Å². The topological polar surface area (TPSA) is 61.5 Å². The molecule has 0 spiro atoms. The standard InChI is InChI=1S/C17H18FN3O2/c1-21(6-7-22)14-3-5-17(19-10-14)20-11-15-9-12-8-13(18)2-4-16(12)23-15/h2-5,8-10,22H,6-7,11H2,1H3,(H,19,20). The number of rotatable bonds is 6. The number of likely N-dealkylation sites (N-methyl/N-ethyl adjacent to an activating group) is 1. The third kappa shape index (κ3) is 3.60. The summed E-state index contributed by atoms with van der Waals surface area (Å²) in [5.41, 5.74) is 1.60. The first kappa shape index (κ1) is 15.3. The summed E-state index contributed by atoms with van der Waals surface area (Å²) in [6.45, 7) is 1.13. The molecule has 1 aromatic carbocycles. The van der Waals surface area contributed by atoms with Crippen LogP contribution in [-0.4, -0.2) is 30.3 Å². The number of fused-ring (bicyclic) bond motifs is 1. The van der Waals surface area contributed by atoms with Crippen LogP contribution in [0, 0.1) is 5.82 Å². The number of halogens is 1. The van der Waals surface area contributed by atoms with E-state index in [0.717, 1.165) is 16.9 Å². The molecule has 23 heavy (non-hydrogen) atoms. The van der Waals surface area contributed by atoms with Crippen molar-refractivity contribution in [1.29, 1.82) is 0 Å². The van der Waals surface area contributed by atoms with Crippen LogP contribution in [-0.2, 0) is 6.54 Å². The molecule has 0 aliphatic carbocycles. The van der Waals surface area contributed by atoms with Crippen molar-refractivity contribution in [3.8, 4) is 0 Å². The summed E-state index contributed by atoms with van der Waals surface area (Å²) in [7, 11) is 1.90. The summed E-state index contributed by atoms with van der Waals surface area (Å²) < 4.78 is 18.8. The van der Waals surface area contributed by atoms with Crippen molar-refractivity contribution in [2.24, 2.45) is 0 Å². The predicted octanol–water partition coefficient (Wildman–Crippen LogP) is 3.01. The minimum Gasteiger partial charge on any atom is -0.459 e. The van der Waals surface area contributed by atoms with Crippen molar-refractivity contribution >= 4 is 22.5 Å². The highest BCUT2D eigenvalue weighted by molar-refractivity contribution is 5.77. The first-order valence-corrected chi connectivity index (χ1v) is 7.35. The average molecular weight is 315 g/mol. The molecular weight excluding hydrogens is 297 g/mol. The van der Waals surface area contributed by atoms with Gasteiger partial charge in [0.25, 0.3) is 0 Å². The SMILES string of the molecule is CN(CCO)c1ccc(NCc2cc3cc(F)ccc3o2)nc1. The van der Waals surface area contributed by atoms with Gasteiger partial charge in [0, 0.05) is 19.0 Å². The van der Waals surface area contributed by atoms with Crippen molar-refractivity contribution in [1.82, 2.24) is 4.98 Å². The molecule has 0 amide bonds. The molecule has 2 N–H and O–H groups in total. The van der Waals surface area contributed by atoms with Gasteiger partial charge >= 0.3 is 0 Å². The Bertz CT molecular complexity index is 786. The molecule has 3 aromatic rings. The van der Waals surface area contributed by atoms with E-state index in [1.165, 1.54) is 12.1 Å². The summed E-state index contributed by atoms with van der Waals surface area (Å²) in [6, 6.07) is 10.1. The monoisotopic (exact) mass is 315 g/mol. The van der Waals surface area contributed by atoms with Gasteiger partial charge in [0.05, 0.1) is 25.0 Å². The Balaban J connectivity index is 1.65. The summed E-state index contributed by atoms with van der Waals surface area (Å²) in [6.07, 6.45) is 1.74. The normalized spacial score (nSPS) is 10.9. The zero-order valence-corrected chi connectivity index (χ0v) is 12.8. The second-order valence-electron chi connectivity index (χ2n) is 5.30. The van der Waals surface area contributed by atoms with Crippen LogP contribution in [0.3, 0.4) is 0 Å². The van der Waals surface area contributed by atoms with Gasteiger partial charge < -0.3 is 19.7 Å². The van der Waals surface area contributed by atoms with Crippen molar-refractivity contribution < 1.29 is 13.9 Å². The quantitative estimate of drug-likeness (QED) is 0.732. The molecule has 120 valence electrons. The highest BCUT2D eigenvalue weighted by Crippen LogP contribution is 2.21. The zero-order valence-electron chi connectivity index (χ0n) is 12.8. The van der Waals surface area contributed by atoms with E-state index in [1.807, 2.05) is 30.1 Å². The van der Waals surface area contributed by atoms with Crippen LogP contribution < -0.4 is 10.2 Å². The average Bonchev–Trinajstić information content (AvgIpc) is 2.95. The van der Waals surface area contributed by atoms with Crippen LogP contribution in [0.5, 0.6) is 0 Å². The van der Waals surface area contributed by atoms with Gasteiger partial charge in [-0.2, -0.15) is 0 Å². The first-order valence-electron chi connectivity index (χ1n) is 7.35. The van der Waals surface area contributed by atoms with Gasteiger partial charge in [-0.1, -0.05) is 0 Å². The molecule has 0 atom stereocenters. The van der Waals surface area contributed by atoms with Gasteiger partial charge in [-0.3, -0.25) is 0 Å². The molecule has 0 unspecified atom stereocenters. The Kier molecular flexibility index (Phi) is 4.43. The molecule has 0 aliphatic heterocycles. The van der Waals surface area contributed by atoms with E-state index in [-0.39, 0.29) is 12.4 Å². The van der Waals surface area contributed by atoms with Gasteiger partial charge in [0.2, 0.25) is 0 Å². The highest BCUT2D eigenvalue weighted by Gasteiger charge is 2.06. The largest absolute Gasteiger partial charge is 0.459 e. The molecule has 2 aromatic heterocycles. The molecular formula is C17H18FN3O2. The van der Waals surface area contributed by atoms with E-state index >= 15 is 0 Å². The number of aromatic nitrogens is 1. The molecule has 0 saturated carbocycles. The molecule has 0 fully saturated rings. The summed E-state index contributed by atoms with van der Waals surface area (Å²) in [5, 5.41) is 12.8. The Morgan fingerprint density at radius 3 is 2.87 bits per heavy atom. The number of anilines is 2. The second kappa shape index (κ2) is 6.66. The van der Waals surface area contributed by atoms with Gasteiger partial charge in [-0.25, -0.2) is 9.37 Å². The van der Waals surface area contributed by atoms with Crippen molar-refractivity contribution in [2.75, 3.05) is 30.4 Å². The zero-order chi connectivity index (χ0) is 16.2. The van der Waals surface area contributed by atoms with Crippen molar-refractivity contribution in [2.45, 2.75) is 6.54 Å². The molecule has 0 bridgehead atoms.